The minimum Gasteiger partial charge on any atom is -0.504 e. The molecule has 3 aromatic rings. The van der Waals surface area contributed by atoms with E-state index in [1.54, 1.807) is 49.4 Å². The zero-order valence-corrected chi connectivity index (χ0v) is 22.1. The Bertz CT molecular complexity index is 1770. The van der Waals surface area contributed by atoms with Crippen LogP contribution in [0.1, 0.15) is 30.9 Å². The van der Waals surface area contributed by atoms with Crippen LogP contribution in [0.25, 0.3) is 5.69 Å². The van der Waals surface area contributed by atoms with Gasteiger partial charge in [0.25, 0.3) is 0 Å². The first kappa shape index (κ1) is 24.2. The fraction of sp³-hybridized carbons (Fsp3) is 0.214. The number of para-hydroxylation sites is 1. The van der Waals surface area contributed by atoms with E-state index < -0.39 is 23.3 Å². The third-order valence-corrected chi connectivity index (χ3v) is 7.90. The van der Waals surface area contributed by atoms with E-state index in [1.165, 1.54) is 22.5 Å². The van der Waals surface area contributed by atoms with Crippen LogP contribution in [0.15, 0.2) is 91.0 Å². The highest BCUT2D eigenvalue weighted by Crippen LogP contribution is 2.53. The number of allylic oxidation sites excluding steroid dienone is 6. The van der Waals surface area contributed by atoms with Crippen LogP contribution in [0.4, 0.5) is 0 Å². The van der Waals surface area contributed by atoms with Gasteiger partial charge in [-0.1, -0.05) is 40.2 Å². The Morgan fingerprint density at radius 1 is 1.05 bits per heavy atom. The van der Waals surface area contributed by atoms with Crippen molar-refractivity contribution in [2.45, 2.75) is 31.8 Å². The van der Waals surface area contributed by atoms with Gasteiger partial charge in [-0.05, 0) is 42.8 Å². The van der Waals surface area contributed by atoms with Crippen molar-refractivity contribution in [2.24, 2.45) is 0 Å². The van der Waals surface area contributed by atoms with Crippen LogP contribution >= 0.6 is 15.9 Å². The molecule has 0 saturated heterocycles. The predicted molar refractivity (Wildman–Crippen MR) is 142 cm³/mol. The lowest BCUT2D eigenvalue weighted by Crippen LogP contribution is -2.40. The van der Waals surface area contributed by atoms with Gasteiger partial charge in [-0.3, -0.25) is 9.59 Å². The molecule has 0 amide bonds. The Kier molecular flexibility index (Phi) is 5.53. The van der Waals surface area contributed by atoms with E-state index in [2.05, 4.69) is 15.9 Å². The second-order valence-corrected chi connectivity index (χ2v) is 10.4. The van der Waals surface area contributed by atoms with Crippen molar-refractivity contribution in [3.63, 3.8) is 0 Å². The van der Waals surface area contributed by atoms with Crippen LogP contribution in [-0.4, -0.2) is 37.7 Å². The van der Waals surface area contributed by atoms with Gasteiger partial charge < -0.3 is 9.84 Å². The summed E-state index contributed by atoms with van der Waals surface area (Å²) >= 11 is 3.45. The third kappa shape index (κ3) is 3.36. The molecule has 0 spiro atoms. The number of fused-ring (bicyclic) bond motifs is 3. The lowest BCUT2D eigenvalue weighted by atomic mass is 9.67. The molecule has 0 saturated carbocycles. The van der Waals surface area contributed by atoms with Gasteiger partial charge >= 0.3 is 11.4 Å². The van der Waals surface area contributed by atoms with Gasteiger partial charge in [0, 0.05) is 39.1 Å². The van der Waals surface area contributed by atoms with Gasteiger partial charge in [0.15, 0.2) is 23.1 Å². The number of benzene rings is 2. The molecule has 9 nitrogen and oxygen atoms in total. The summed E-state index contributed by atoms with van der Waals surface area (Å²) in [5.74, 6) is -1.41. The number of carbonyl (C=O) groups excluding carboxylic acids is 2. The molecule has 10 heteroatoms. The summed E-state index contributed by atoms with van der Waals surface area (Å²) in [7, 11) is 1.42. The lowest BCUT2D eigenvalue weighted by molar-refractivity contribution is -0.116. The molecule has 0 radical (unpaired) electrons. The minimum absolute atomic E-state index is 0.0655. The highest BCUT2D eigenvalue weighted by molar-refractivity contribution is 9.10. The number of ether oxygens (including phenoxy) is 1. The average molecular weight is 576 g/mol. The van der Waals surface area contributed by atoms with Gasteiger partial charge in [0.1, 0.15) is 0 Å². The monoisotopic (exact) mass is 575 g/mol. The second kappa shape index (κ2) is 8.70. The maximum Gasteiger partial charge on any atom is 0.352 e. The molecule has 1 aromatic heterocycles. The maximum absolute atomic E-state index is 13.7. The molecule has 192 valence electrons. The van der Waals surface area contributed by atoms with Crippen molar-refractivity contribution in [1.82, 2.24) is 13.9 Å². The van der Waals surface area contributed by atoms with Crippen molar-refractivity contribution in [1.29, 1.82) is 0 Å². The van der Waals surface area contributed by atoms with Crippen molar-refractivity contribution >= 4 is 27.5 Å². The molecule has 1 aliphatic heterocycles. The molecule has 2 aliphatic carbocycles. The van der Waals surface area contributed by atoms with E-state index in [-0.39, 0.29) is 47.2 Å². The summed E-state index contributed by atoms with van der Waals surface area (Å²) in [6.45, 7) is 1.67. The van der Waals surface area contributed by atoms with Crippen molar-refractivity contribution in [3.8, 4) is 17.2 Å². The summed E-state index contributed by atoms with van der Waals surface area (Å²) in [5.41, 5.74) is 1.26. The fourth-order valence-corrected chi connectivity index (χ4v) is 6.21. The number of aromatic hydroxyl groups is 1. The number of hydrogen-bond donors (Lipinski definition) is 1. The molecule has 3 aliphatic rings. The number of phenols is 1. The Labute approximate surface area is 224 Å². The van der Waals surface area contributed by atoms with E-state index in [9.17, 15) is 24.3 Å². The quantitative estimate of drug-likeness (QED) is 0.378. The summed E-state index contributed by atoms with van der Waals surface area (Å²) in [6.07, 6.45) is 3.19. The molecule has 0 bridgehead atoms. The SMILES string of the molecule is COc1cc(Br)cc([C@H]2C3=CCn4c(=O)n(-c5ccccc5)c(=O)n4[C@@H]3CC3=C2C(=O)C(C)=CC3=O)c1O. The molecule has 2 aromatic carbocycles. The zero-order valence-electron chi connectivity index (χ0n) is 20.5. The van der Waals surface area contributed by atoms with Crippen molar-refractivity contribution in [3.05, 3.63) is 108 Å². The third-order valence-electron chi connectivity index (χ3n) is 7.45. The molecular formula is C28H22BrN3O6. The van der Waals surface area contributed by atoms with Gasteiger partial charge in [0.05, 0.1) is 25.4 Å². The number of phenolic OH excluding ortho intramolecular Hbond substituents is 1. The number of methoxy groups -OCH3 is 1. The molecule has 2 heterocycles. The molecule has 0 unspecified atom stereocenters. The normalized spacial score (nSPS) is 20.4. The fourth-order valence-electron chi connectivity index (χ4n) is 5.76. The minimum atomic E-state index is -0.828. The zero-order chi connectivity index (χ0) is 26.9. The average Bonchev–Trinajstić information content (AvgIpc) is 3.17. The van der Waals surface area contributed by atoms with Crippen LogP contribution in [0, 0.1) is 0 Å². The molecule has 38 heavy (non-hydrogen) atoms. The number of rotatable bonds is 3. The Balaban J connectivity index is 1.62. The van der Waals surface area contributed by atoms with E-state index in [0.717, 1.165) is 4.57 Å². The Morgan fingerprint density at radius 3 is 2.50 bits per heavy atom. The van der Waals surface area contributed by atoms with Gasteiger partial charge in [-0.25, -0.2) is 23.5 Å². The molecule has 6 rings (SSSR count). The first-order valence-corrected chi connectivity index (χ1v) is 12.8. The summed E-state index contributed by atoms with van der Waals surface area (Å²) in [4.78, 5) is 53.8. The predicted octanol–water partition coefficient (Wildman–Crippen LogP) is 3.34. The first-order chi connectivity index (χ1) is 18.2. The Morgan fingerprint density at radius 2 is 1.79 bits per heavy atom. The maximum atomic E-state index is 13.7. The first-order valence-electron chi connectivity index (χ1n) is 12.0. The smallest absolute Gasteiger partial charge is 0.352 e. The van der Waals surface area contributed by atoms with Crippen molar-refractivity contribution in [2.75, 3.05) is 7.11 Å². The summed E-state index contributed by atoms with van der Waals surface area (Å²) in [5, 5.41) is 11.2. The van der Waals surface area contributed by atoms with E-state index >= 15 is 0 Å². The molecule has 0 fully saturated rings. The van der Waals surface area contributed by atoms with Crippen LogP contribution in [-0.2, 0) is 16.1 Å². The standard InChI is InChI=1S/C28H22BrN3O6/c1-14-10-21(33)18-13-20-17(23(24(18)25(14)34)19-11-15(29)12-22(38-2)26(19)35)8-9-30-27(36)31(28(37)32(20)30)16-6-4-3-5-7-16/h3-8,10-12,20,23,35H,9,13H2,1-2H3/t20-,23-/m1/s1. The van der Waals surface area contributed by atoms with Gasteiger partial charge in [0.2, 0.25) is 0 Å². The number of halogens is 1. The number of ketones is 2. The largest absolute Gasteiger partial charge is 0.504 e. The highest BCUT2D eigenvalue weighted by Gasteiger charge is 2.46. The number of carbonyl (C=O) groups is 2. The van der Waals surface area contributed by atoms with Crippen LogP contribution in [0.3, 0.4) is 0 Å². The number of Topliss-reactive ketones (excluding diaryl/α,β-unsaturated/α-hetero) is 1. The van der Waals surface area contributed by atoms with E-state index in [1.807, 2.05) is 6.08 Å². The van der Waals surface area contributed by atoms with Gasteiger partial charge in [-0.15, -0.1) is 0 Å². The van der Waals surface area contributed by atoms with Gasteiger partial charge in [-0.2, -0.15) is 0 Å². The summed E-state index contributed by atoms with van der Waals surface area (Å²) in [6, 6.07) is 11.2. The second-order valence-electron chi connectivity index (χ2n) is 9.48. The number of hydrogen-bond acceptors (Lipinski definition) is 6. The molecular weight excluding hydrogens is 554 g/mol. The number of nitrogens with zero attached hydrogens (tertiary/aromatic N) is 3. The Hall–Kier alpha value is -4.18. The van der Waals surface area contributed by atoms with Crippen LogP contribution in [0.5, 0.6) is 11.5 Å². The van der Waals surface area contributed by atoms with Crippen LogP contribution < -0.4 is 16.1 Å². The molecule has 2 atom stereocenters. The molecule has 1 N–H and O–H groups in total. The highest BCUT2D eigenvalue weighted by atomic mass is 79.9. The van der Waals surface area contributed by atoms with E-state index in [4.69, 9.17) is 4.74 Å². The van der Waals surface area contributed by atoms with Crippen molar-refractivity contribution < 1.29 is 19.4 Å². The summed E-state index contributed by atoms with van der Waals surface area (Å²) < 4.78 is 9.79. The topological polar surface area (TPSA) is 113 Å². The number of aromatic nitrogens is 3. The van der Waals surface area contributed by atoms with Crippen LogP contribution in [0.2, 0.25) is 0 Å². The lowest BCUT2D eigenvalue weighted by Gasteiger charge is -2.39. The van der Waals surface area contributed by atoms with E-state index in [0.29, 0.717) is 26.9 Å².